The molecule has 0 atom stereocenters. The van der Waals surface area contributed by atoms with Crippen LogP contribution in [0.2, 0.25) is 6.04 Å². The molecular formula is C10H20O2Si. The van der Waals surface area contributed by atoms with Gasteiger partial charge < -0.3 is 4.43 Å². The maximum atomic E-state index is 10.5. The van der Waals surface area contributed by atoms with Crippen molar-refractivity contribution in [3.63, 3.8) is 0 Å². The lowest BCUT2D eigenvalue weighted by molar-refractivity contribution is -0.120. The molecule has 0 aromatic carbocycles. The summed E-state index contributed by atoms with van der Waals surface area (Å²) in [5.74, 6) is 0.464. The standard InChI is InChI=1S/C6H10O.C4H10OSi/c7-6-4-2-1-3-5-6;1-2-4-6-5-3-1/h1-5H2;1-4,6H2. The summed E-state index contributed by atoms with van der Waals surface area (Å²) in [5.41, 5.74) is 0. The molecule has 1 heterocycles. The first-order valence-corrected chi connectivity index (χ1v) is 7.07. The van der Waals surface area contributed by atoms with Gasteiger partial charge in [0, 0.05) is 19.4 Å². The highest BCUT2D eigenvalue weighted by molar-refractivity contribution is 6.27. The van der Waals surface area contributed by atoms with Crippen molar-refractivity contribution in [3.8, 4) is 0 Å². The molecule has 3 heteroatoms. The maximum Gasteiger partial charge on any atom is 0.161 e. The van der Waals surface area contributed by atoms with E-state index in [-0.39, 0.29) is 9.76 Å². The molecule has 2 aliphatic rings. The highest BCUT2D eigenvalue weighted by Crippen LogP contribution is 2.12. The Morgan fingerprint density at radius 1 is 1.00 bits per heavy atom. The van der Waals surface area contributed by atoms with Crippen LogP contribution in [0.15, 0.2) is 0 Å². The van der Waals surface area contributed by atoms with E-state index in [1.165, 1.54) is 25.3 Å². The van der Waals surface area contributed by atoms with E-state index in [2.05, 4.69) is 0 Å². The molecule has 2 rings (SSSR count). The first kappa shape index (κ1) is 10.9. The molecule has 0 bridgehead atoms. The minimum absolute atomic E-state index is 0.00849. The molecule has 1 aliphatic heterocycles. The highest BCUT2D eigenvalue weighted by Gasteiger charge is 2.05. The van der Waals surface area contributed by atoms with Gasteiger partial charge in [0.25, 0.3) is 0 Å². The van der Waals surface area contributed by atoms with E-state index in [9.17, 15) is 4.79 Å². The van der Waals surface area contributed by atoms with Crippen molar-refractivity contribution in [2.75, 3.05) is 6.61 Å². The summed E-state index contributed by atoms with van der Waals surface area (Å²) in [6, 6.07) is 1.42. The molecule has 2 nitrogen and oxygen atoms in total. The second kappa shape index (κ2) is 7.27. The average molecular weight is 200 g/mol. The number of hydrogen-bond donors (Lipinski definition) is 0. The Bertz CT molecular complexity index is 124. The highest BCUT2D eigenvalue weighted by atomic mass is 28.2. The second-order valence-electron chi connectivity index (χ2n) is 3.77. The van der Waals surface area contributed by atoms with Crippen LogP contribution in [0.1, 0.15) is 44.9 Å². The monoisotopic (exact) mass is 200 g/mol. The first-order chi connectivity index (χ1) is 6.39. The fourth-order valence-corrected chi connectivity index (χ4v) is 2.80. The van der Waals surface area contributed by atoms with Crippen molar-refractivity contribution < 1.29 is 9.22 Å². The quantitative estimate of drug-likeness (QED) is 0.558. The van der Waals surface area contributed by atoms with Crippen LogP contribution >= 0.6 is 0 Å². The Kier molecular flexibility index (Phi) is 6.11. The molecule has 13 heavy (non-hydrogen) atoms. The number of ketones is 1. The van der Waals surface area contributed by atoms with Crippen molar-refractivity contribution in [1.29, 1.82) is 0 Å². The topological polar surface area (TPSA) is 26.3 Å². The van der Waals surface area contributed by atoms with Crippen LogP contribution in [-0.2, 0) is 9.22 Å². The first-order valence-electron chi connectivity index (χ1n) is 5.49. The Morgan fingerprint density at radius 3 is 2.00 bits per heavy atom. The van der Waals surface area contributed by atoms with Gasteiger partial charge in [0.05, 0.1) is 0 Å². The van der Waals surface area contributed by atoms with E-state index in [0.29, 0.717) is 5.78 Å². The summed E-state index contributed by atoms with van der Waals surface area (Å²) in [4.78, 5) is 10.5. The number of carbonyl (C=O) groups excluding carboxylic acids is 1. The average Bonchev–Trinajstić information content (AvgIpc) is 2.22. The predicted molar refractivity (Wildman–Crippen MR) is 56.6 cm³/mol. The van der Waals surface area contributed by atoms with Gasteiger partial charge in [0.1, 0.15) is 5.78 Å². The van der Waals surface area contributed by atoms with Gasteiger partial charge in [-0.2, -0.15) is 0 Å². The van der Waals surface area contributed by atoms with Gasteiger partial charge in [-0.1, -0.05) is 12.8 Å². The zero-order valence-electron chi connectivity index (χ0n) is 8.39. The van der Waals surface area contributed by atoms with E-state index >= 15 is 0 Å². The molecule has 1 aliphatic carbocycles. The Balaban J connectivity index is 0.000000132. The van der Waals surface area contributed by atoms with Crippen molar-refractivity contribution in [1.82, 2.24) is 0 Å². The molecule has 76 valence electrons. The van der Waals surface area contributed by atoms with Crippen LogP contribution < -0.4 is 0 Å². The fourth-order valence-electron chi connectivity index (χ4n) is 1.63. The summed E-state index contributed by atoms with van der Waals surface area (Å²) in [7, 11) is 0.00849. The van der Waals surface area contributed by atoms with Gasteiger partial charge in [-0.05, 0) is 25.3 Å². The molecule has 1 saturated heterocycles. The SMILES string of the molecule is C1CC[SiH2]OC1.O=C1CCCCC1. The van der Waals surface area contributed by atoms with E-state index in [4.69, 9.17) is 4.43 Å². The third kappa shape index (κ3) is 5.99. The minimum atomic E-state index is 0.00849. The maximum absolute atomic E-state index is 10.5. The predicted octanol–water partition coefficient (Wildman–Crippen LogP) is 1.82. The Morgan fingerprint density at radius 2 is 1.77 bits per heavy atom. The minimum Gasteiger partial charge on any atom is -0.424 e. The zero-order valence-corrected chi connectivity index (χ0v) is 9.80. The zero-order chi connectivity index (χ0) is 9.36. The van der Waals surface area contributed by atoms with Crippen molar-refractivity contribution in [2.45, 2.75) is 51.0 Å². The van der Waals surface area contributed by atoms with E-state index in [0.717, 1.165) is 32.3 Å². The van der Waals surface area contributed by atoms with Gasteiger partial charge >= 0.3 is 0 Å². The molecule has 1 saturated carbocycles. The molecule has 0 N–H and O–H groups in total. The van der Waals surface area contributed by atoms with E-state index < -0.39 is 0 Å². The molecular weight excluding hydrogens is 180 g/mol. The van der Waals surface area contributed by atoms with Crippen LogP contribution in [0.25, 0.3) is 0 Å². The Hall–Kier alpha value is -0.153. The van der Waals surface area contributed by atoms with Crippen molar-refractivity contribution in [3.05, 3.63) is 0 Å². The molecule has 0 unspecified atom stereocenters. The summed E-state index contributed by atoms with van der Waals surface area (Å²) in [6.45, 7) is 1.06. The van der Waals surface area contributed by atoms with Gasteiger partial charge in [-0.3, -0.25) is 4.79 Å². The molecule has 0 amide bonds. The molecule has 0 aromatic rings. The number of carbonyl (C=O) groups is 1. The summed E-state index contributed by atoms with van der Waals surface area (Å²) >= 11 is 0. The van der Waals surface area contributed by atoms with Gasteiger partial charge in [-0.25, -0.2) is 0 Å². The fraction of sp³-hybridized carbons (Fsp3) is 0.900. The normalized spacial score (nSPS) is 25.1. The van der Waals surface area contributed by atoms with E-state index in [1.54, 1.807) is 0 Å². The molecule has 2 fully saturated rings. The smallest absolute Gasteiger partial charge is 0.161 e. The Labute approximate surface area is 83.0 Å². The van der Waals surface area contributed by atoms with Crippen molar-refractivity contribution in [2.24, 2.45) is 0 Å². The third-order valence-corrected chi connectivity index (χ3v) is 3.85. The van der Waals surface area contributed by atoms with Crippen LogP contribution in [-0.4, -0.2) is 22.2 Å². The van der Waals surface area contributed by atoms with Crippen molar-refractivity contribution >= 4 is 15.5 Å². The number of rotatable bonds is 0. The third-order valence-electron chi connectivity index (χ3n) is 2.49. The van der Waals surface area contributed by atoms with Crippen LogP contribution in [0, 0.1) is 0 Å². The molecule has 0 aromatic heterocycles. The van der Waals surface area contributed by atoms with Gasteiger partial charge in [0.15, 0.2) is 9.76 Å². The summed E-state index contributed by atoms with van der Waals surface area (Å²) in [6.07, 6.45) is 7.99. The summed E-state index contributed by atoms with van der Waals surface area (Å²) in [5, 5.41) is 0. The van der Waals surface area contributed by atoms with Gasteiger partial charge in [-0.15, -0.1) is 0 Å². The second-order valence-corrected chi connectivity index (χ2v) is 5.30. The number of Topliss-reactive ketones (excluding diaryl/α,β-unsaturated/α-hetero) is 1. The van der Waals surface area contributed by atoms with Crippen LogP contribution in [0.4, 0.5) is 0 Å². The lowest BCUT2D eigenvalue weighted by Crippen LogP contribution is -2.06. The summed E-state index contributed by atoms with van der Waals surface area (Å²) < 4.78 is 5.21. The molecule has 0 spiro atoms. The lowest BCUT2D eigenvalue weighted by Gasteiger charge is -2.07. The molecule has 0 radical (unpaired) electrons. The van der Waals surface area contributed by atoms with E-state index in [1.807, 2.05) is 0 Å². The lowest BCUT2D eigenvalue weighted by atomic mass is 10.00. The van der Waals surface area contributed by atoms with Crippen LogP contribution in [0.5, 0.6) is 0 Å². The number of hydrogen-bond acceptors (Lipinski definition) is 2. The van der Waals surface area contributed by atoms with Gasteiger partial charge in [0.2, 0.25) is 0 Å². The largest absolute Gasteiger partial charge is 0.424 e. The van der Waals surface area contributed by atoms with Crippen LogP contribution in [0.3, 0.4) is 0 Å².